The van der Waals surface area contributed by atoms with Crippen LogP contribution in [0.2, 0.25) is 0 Å². The summed E-state index contributed by atoms with van der Waals surface area (Å²) in [5.41, 5.74) is 8.00. The van der Waals surface area contributed by atoms with Gasteiger partial charge >= 0.3 is 30.2 Å². The Balaban J connectivity index is -0.0000000871. The molecule has 0 heterocycles. The Morgan fingerprint density at radius 3 is 1.83 bits per heavy atom. The molecule has 7 heteroatoms. The molecule has 0 aromatic heterocycles. The summed E-state index contributed by atoms with van der Waals surface area (Å²) in [7, 11) is 0. The molecule has 2 radical (unpaired) electrons. The van der Waals surface area contributed by atoms with Crippen molar-refractivity contribution in [2.24, 2.45) is 0 Å². The molecule has 2 rings (SSSR count). The van der Waals surface area contributed by atoms with Gasteiger partial charge in [0.25, 0.3) is 0 Å². The fourth-order valence-electron chi connectivity index (χ4n) is 1.39. The Kier molecular flexibility index (Phi) is 26.1. The number of aryl methyl sites for hydroxylation is 1. The van der Waals surface area contributed by atoms with E-state index in [1.54, 1.807) is 0 Å². The maximum absolute atomic E-state index is 6.94. The molecule has 2 aromatic carbocycles. The van der Waals surface area contributed by atoms with E-state index in [0.717, 1.165) is 8.95 Å². The Labute approximate surface area is 188 Å². The maximum atomic E-state index is 6.94. The molecule has 0 aliphatic rings. The minimum absolute atomic E-state index is 0. The molecular formula is C16H25Br2Cl2NSiZr-4. The molecule has 0 atom stereocenters. The molecule has 1 nitrogen and oxygen atoms in total. The van der Waals surface area contributed by atoms with Crippen LogP contribution >= 0.6 is 56.7 Å². The zero-order valence-electron chi connectivity index (χ0n) is 14.4. The summed E-state index contributed by atoms with van der Waals surface area (Å²) in [4.78, 5) is 0. The van der Waals surface area contributed by atoms with Crippen molar-refractivity contribution in [3.05, 3.63) is 59.4 Å². The van der Waals surface area contributed by atoms with Gasteiger partial charge in [0.1, 0.15) is 0 Å². The second kappa shape index (κ2) is 16.9. The first-order chi connectivity index (χ1) is 8.66. The molecule has 1 N–H and O–H groups in total. The van der Waals surface area contributed by atoms with Gasteiger partial charge in [-0.1, -0.05) is 65.6 Å². The van der Waals surface area contributed by atoms with Crippen LogP contribution in [-0.2, 0) is 23.3 Å². The molecule has 0 aliphatic carbocycles. The molecule has 0 bridgehead atoms. The molecule has 23 heavy (non-hydrogen) atoms. The summed E-state index contributed by atoms with van der Waals surface area (Å²) in [6.45, 7) is 10.7. The zero-order valence-corrected chi connectivity index (χ0v) is 22.6. The summed E-state index contributed by atoms with van der Waals surface area (Å²) < 4.78 is 2.27. The van der Waals surface area contributed by atoms with Crippen molar-refractivity contribution in [1.29, 1.82) is 0 Å². The summed E-state index contributed by atoms with van der Waals surface area (Å²) in [6, 6.07) is 8.57. The SMILES string of the molecule is CC(C)(C)[NH-].Cc1cc2c(Br)cc(Br)cc2[cH-]1.Cl.Cl.[CH3-].[CH3-].[Si]=[Zr]. The van der Waals surface area contributed by atoms with Crippen molar-refractivity contribution in [3.8, 4) is 0 Å². The molecule has 0 amide bonds. The second-order valence-corrected chi connectivity index (χ2v) is 6.94. The van der Waals surface area contributed by atoms with Crippen molar-refractivity contribution < 1.29 is 23.3 Å². The van der Waals surface area contributed by atoms with E-state index in [-0.39, 0.29) is 45.2 Å². The zero-order chi connectivity index (χ0) is 15.2. The monoisotopic (exact) mass is 577 g/mol. The van der Waals surface area contributed by atoms with E-state index >= 15 is 0 Å². The number of halogens is 4. The van der Waals surface area contributed by atoms with Gasteiger partial charge in [0.05, 0.1) is 0 Å². The Hall–Kier alpha value is 1.43. The van der Waals surface area contributed by atoms with Crippen molar-refractivity contribution in [2.75, 3.05) is 0 Å². The number of fused-ring (bicyclic) bond motifs is 1. The number of benzene rings is 1. The average Bonchev–Trinajstić information content (AvgIpc) is 2.59. The minimum atomic E-state index is -0.250. The summed E-state index contributed by atoms with van der Waals surface area (Å²) >= 11 is 8.35. The van der Waals surface area contributed by atoms with Gasteiger partial charge < -0.3 is 20.6 Å². The molecule has 134 valence electrons. The van der Waals surface area contributed by atoms with Crippen LogP contribution < -0.4 is 0 Å². The van der Waals surface area contributed by atoms with Crippen LogP contribution in [0.1, 0.15) is 26.3 Å². The van der Waals surface area contributed by atoms with E-state index in [0.29, 0.717) is 0 Å². The van der Waals surface area contributed by atoms with Gasteiger partial charge in [-0.3, -0.25) is 0 Å². The van der Waals surface area contributed by atoms with Crippen LogP contribution in [-0.4, -0.2) is 12.4 Å². The van der Waals surface area contributed by atoms with Gasteiger partial charge in [-0.15, -0.1) is 58.8 Å². The van der Waals surface area contributed by atoms with Crippen molar-refractivity contribution in [2.45, 2.75) is 33.2 Å². The summed E-state index contributed by atoms with van der Waals surface area (Å²) in [5, 5.41) is 2.57. The number of rotatable bonds is 0. The standard InChI is InChI=1S/C10H7Br2.C4H10N.2CH3.2ClH.Si.Zr/c1-6-2-7-4-8(11)5-10(12)9(7)3-6;1-4(2,3)5;;;;;;/h2-5H,1H3;5H,1-3H3;2*1H3;2*1H;;/q4*-1;;;;. The summed E-state index contributed by atoms with van der Waals surface area (Å²) in [6.07, 6.45) is 0. The van der Waals surface area contributed by atoms with Crippen molar-refractivity contribution in [3.63, 3.8) is 0 Å². The van der Waals surface area contributed by atoms with Gasteiger partial charge in [0, 0.05) is 0 Å². The molecule has 0 spiro atoms. The fraction of sp³-hybridized carbons (Fsp3) is 0.312. The number of hydrogen-bond donors (Lipinski definition) is 0. The first kappa shape index (κ1) is 35.5. The molecule has 0 fully saturated rings. The predicted molar refractivity (Wildman–Crippen MR) is 117 cm³/mol. The van der Waals surface area contributed by atoms with Gasteiger partial charge in [-0.2, -0.15) is 6.07 Å². The first-order valence-corrected chi connectivity index (χ1v) is 11.5. The van der Waals surface area contributed by atoms with Gasteiger partial charge in [-0.25, -0.2) is 0 Å². The van der Waals surface area contributed by atoms with Crippen molar-refractivity contribution in [1.82, 2.24) is 0 Å². The first-order valence-electron chi connectivity index (χ1n) is 5.69. The Morgan fingerprint density at radius 1 is 1.04 bits per heavy atom. The molecule has 0 aliphatic heterocycles. The molecule has 0 unspecified atom stereocenters. The van der Waals surface area contributed by atoms with E-state index in [2.05, 4.69) is 69.9 Å². The van der Waals surface area contributed by atoms with Crippen LogP contribution in [0.25, 0.3) is 16.5 Å². The topological polar surface area (TPSA) is 23.8 Å². The van der Waals surface area contributed by atoms with E-state index in [1.165, 1.54) is 39.7 Å². The van der Waals surface area contributed by atoms with Crippen LogP contribution in [0, 0.1) is 21.8 Å². The van der Waals surface area contributed by atoms with Gasteiger partial charge in [-0.05, 0) is 8.95 Å². The van der Waals surface area contributed by atoms with Crippen LogP contribution in [0.3, 0.4) is 0 Å². The number of hydrogen-bond acceptors (Lipinski definition) is 0. The Bertz CT molecular complexity index is 537. The van der Waals surface area contributed by atoms with Crippen molar-refractivity contribution >= 4 is 74.3 Å². The molecule has 0 saturated heterocycles. The molecule has 0 saturated carbocycles. The van der Waals surface area contributed by atoms with E-state index in [4.69, 9.17) is 5.73 Å². The van der Waals surface area contributed by atoms with Gasteiger partial charge in [0.15, 0.2) is 0 Å². The third-order valence-electron chi connectivity index (χ3n) is 1.88. The third-order valence-corrected chi connectivity index (χ3v) is 3.00. The van der Waals surface area contributed by atoms with E-state index in [9.17, 15) is 0 Å². The second-order valence-electron chi connectivity index (χ2n) is 5.17. The van der Waals surface area contributed by atoms with Gasteiger partial charge in [0.2, 0.25) is 0 Å². The molecular weight excluding hydrogens is 556 g/mol. The van der Waals surface area contributed by atoms with Crippen LogP contribution in [0.5, 0.6) is 0 Å². The normalized spacial score (nSPS) is 8.43. The van der Waals surface area contributed by atoms with E-state index < -0.39 is 0 Å². The Morgan fingerprint density at radius 2 is 1.43 bits per heavy atom. The average molecular weight is 581 g/mol. The summed E-state index contributed by atoms with van der Waals surface area (Å²) in [5.74, 6) is 0. The predicted octanol–water partition coefficient (Wildman–Crippen LogP) is 7.59. The van der Waals surface area contributed by atoms with Crippen LogP contribution in [0.4, 0.5) is 0 Å². The quantitative estimate of drug-likeness (QED) is 0.226. The molecule has 2 aromatic rings. The number of nitrogens with one attached hydrogen (secondary N) is 1. The fourth-order valence-corrected chi connectivity index (χ4v) is 2.76. The van der Waals surface area contributed by atoms with Crippen LogP contribution in [0.15, 0.2) is 33.2 Å². The third kappa shape index (κ3) is 16.6. The van der Waals surface area contributed by atoms with E-state index in [1.807, 2.05) is 20.8 Å².